The van der Waals surface area contributed by atoms with Gasteiger partial charge >= 0.3 is 0 Å². The average Bonchev–Trinajstić information content (AvgIpc) is 3.10. The van der Waals surface area contributed by atoms with Crippen LogP contribution in [0.15, 0.2) is 41.6 Å². The molecule has 4 heteroatoms. The van der Waals surface area contributed by atoms with Crippen molar-refractivity contribution in [1.29, 1.82) is 0 Å². The molecule has 3 rings (SSSR count). The van der Waals surface area contributed by atoms with E-state index in [1.807, 2.05) is 22.6 Å². The molecule has 0 fully saturated rings. The topological polar surface area (TPSA) is 29.9 Å². The summed E-state index contributed by atoms with van der Waals surface area (Å²) in [6.45, 7) is 6.20. The third-order valence-electron chi connectivity index (χ3n) is 3.80. The first-order valence-corrected chi connectivity index (χ1v) is 8.20. The van der Waals surface area contributed by atoms with Crippen LogP contribution in [0.5, 0.6) is 0 Å². The lowest BCUT2D eigenvalue weighted by Gasteiger charge is -2.22. The zero-order valence-electron chi connectivity index (χ0n) is 12.0. The van der Waals surface area contributed by atoms with E-state index in [0.717, 1.165) is 19.5 Å². The first kappa shape index (κ1) is 13.7. The van der Waals surface area contributed by atoms with Crippen LogP contribution in [0.2, 0.25) is 0 Å². The van der Waals surface area contributed by atoms with Crippen LogP contribution in [0.4, 0.5) is 0 Å². The molecule has 20 heavy (non-hydrogen) atoms. The molecule has 2 aromatic rings. The molecule has 1 aromatic heterocycles. The molecule has 106 valence electrons. The number of aromatic nitrogens is 2. The lowest BCUT2D eigenvalue weighted by molar-refractivity contribution is 0.530. The maximum absolute atomic E-state index is 4.43. The van der Waals surface area contributed by atoms with Gasteiger partial charge < -0.3 is 5.32 Å². The third-order valence-corrected chi connectivity index (χ3v) is 5.20. The Morgan fingerprint density at radius 3 is 2.95 bits per heavy atom. The van der Waals surface area contributed by atoms with Crippen LogP contribution in [0.1, 0.15) is 31.0 Å². The summed E-state index contributed by atoms with van der Waals surface area (Å²) >= 11 is 2.00. The number of fused-ring (bicyclic) bond motifs is 1. The van der Waals surface area contributed by atoms with E-state index in [1.165, 1.54) is 16.0 Å². The molecule has 1 N–H and O–H groups in total. The predicted molar refractivity (Wildman–Crippen MR) is 84.1 cm³/mol. The van der Waals surface area contributed by atoms with Gasteiger partial charge in [-0.05, 0) is 31.5 Å². The Morgan fingerprint density at radius 2 is 2.25 bits per heavy atom. The molecule has 0 spiro atoms. The second-order valence-corrected chi connectivity index (χ2v) is 6.41. The average molecular weight is 287 g/mol. The largest absolute Gasteiger partial charge is 0.309 e. The van der Waals surface area contributed by atoms with Crippen molar-refractivity contribution < 1.29 is 0 Å². The molecule has 0 aliphatic carbocycles. The smallest absolute Gasteiger partial charge is 0.0538 e. The molecule has 0 saturated carbocycles. The van der Waals surface area contributed by atoms with E-state index in [9.17, 15) is 0 Å². The highest BCUT2D eigenvalue weighted by atomic mass is 32.2. The van der Waals surface area contributed by atoms with Crippen molar-refractivity contribution in [3.05, 3.63) is 47.8 Å². The van der Waals surface area contributed by atoms with E-state index in [4.69, 9.17) is 0 Å². The van der Waals surface area contributed by atoms with Crippen LogP contribution in [0.25, 0.3) is 0 Å². The summed E-state index contributed by atoms with van der Waals surface area (Å²) < 4.78 is 2.01. The first-order valence-electron chi connectivity index (χ1n) is 7.32. The third kappa shape index (κ3) is 2.63. The van der Waals surface area contributed by atoms with Crippen LogP contribution < -0.4 is 5.32 Å². The standard InChI is InChI=1S/C16H21N3S/c1-3-17-16(13-10-18-19(4-2)11-13)15-9-12-7-5-6-8-14(12)20-15/h5-8,10-11,15-17H,3-4,9H2,1-2H3. The summed E-state index contributed by atoms with van der Waals surface area (Å²) in [5, 5.41) is 8.62. The van der Waals surface area contributed by atoms with Crippen molar-refractivity contribution in [2.45, 2.75) is 43.0 Å². The van der Waals surface area contributed by atoms with E-state index in [0.29, 0.717) is 11.3 Å². The molecule has 0 amide bonds. The number of thioether (sulfide) groups is 1. The molecule has 0 saturated heterocycles. The Labute approximate surface area is 124 Å². The Hall–Kier alpha value is -1.26. The fourth-order valence-electron chi connectivity index (χ4n) is 2.79. The van der Waals surface area contributed by atoms with Crippen LogP contribution in [0.3, 0.4) is 0 Å². The number of aryl methyl sites for hydroxylation is 1. The summed E-state index contributed by atoms with van der Waals surface area (Å²) in [5.41, 5.74) is 2.78. The fraction of sp³-hybridized carbons (Fsp3) is 0.438. The highest BCUT2D eigenvalue weighted by molar-refractivity contribution is 8.00. The number of nitrogens with one attached hydrogen (secondary N) is 1. The quantitative estimate of drug-likeness (QED) is 0.915. The van der Waals surface area contributed by atoms with Gasteiger partial charge in [-0.15, -0.1) is 11.8 Å². The molecular formula is C16H21N3S. The summed E-state index contributed by atoms with van der Waals surface area (Å²) in [5.74, 6) is 0. The molecule has 1 aliphatic heterocycles. The van der Waals surface area contributed by atoms with Crippen molar-refractivity contribution in [2.75, 3.05) is 6.54 Å². The number of benzene rings is 1. The Kier molecular flexibility index (Phi) is 4.13. The Morgan fingerprint density at radius 1 is 1.40 bits per heavy atom. The van der Waals surface area contributed by atoms with Gasteiger partial charge in [0.15, 0.2) is 0 Å². The minimum absolute atomic E-state index is 0.373. The van der Waals surface area contributed by atoms with E-state index < -0.39 is 0 Å². The van der Waals surface area contributed by atoms with E-state index in [1.54, 1.807) is 0 Å². The lowest BCUT2D eigenvalue weighted by Crippen LogP contribution is -2.29. The first-order chi connectivity index (χ1) is 9.81. The number of hydrogen-bond acceptors (Lipinski definition) is 3. The minimum atomic E-state index is 0.373. The molecular weight excluding hydrogens is 266 g/mol. The van der Waals surface area contributed by atoms with Gasteiger partial charge in [-0.1, -0.05) is 25.1 Å². The van der Waals surface area contributed by atoms with E-state index >= 15 is 0 Å². The number of rotatable bonds is 5. The highest BCUT2D eigenvalue weighted by Crippen LogP contribution is 2.42. The molecule has 0 radical (unpaired) electrons. The predicted octanol–water partition coefficient (Wildman–Crippen LogP) is 3.27. The number of hydrogen-bond donors (Lipinski definition) is 1. The van der Waals surface area contributed by atoms with E-state index in [2.05, 4.69) is 54.7 Å². The van der Waals surface area contributed by atoms with Crippen LogP contribution in [-0.2, 0) is 13.0 Å². The van der Waals surface area contributed by atoms with Crippen molar-refractivity contribution in [2.24, 2.45) is 0 Å². The highest BCUT2D eigenvalue weighted by Gasteiger charge is 2.30. The SMILES string of the molecule is CCNC(c1cnn(CC)c1)C1Cc2ccccc2S1. The van der Waals surface area contributed by atoms with Gasteiger partial charge in [0.1, 0.15) is 0 Å². The van der Waals surface area contributed by atoms with Crippen LogP contribution >= 0.6 is 11.8 Å². The van der Waals surface area contributed by atoms with Gasteiger partial charge in [-0.25, -0.2) is 0 Å². The van der Waals surface area contributed by atoms with Gasteiger partial charge in [-0.3, -0.25) is 4.68 Å². The fourth-order valence-corrected chi connectivity index (χ4v) is 4.23. The Bertz CT molecular complexity index is 554. The van der Waals surface area contributed by atoms with Crippen molar-refractivity contribution in [1.82, 2.24) is 15.1 Å². The summed E-state index contributed by atoms with van der Waals surface area (Å²) in [6.07, 6.45) is 5.33. The summed E-state index contributed by atoms with van der Waals surface area (Å²) in [6, 6.07) is 9.13. The van der Waals surface area contributed by atoms with Gasteiger partial charge in [0.2, 0.25) is 0 Å². The minimum Gasteiger partial charge on any atom is -0.309 e. The molecule has 1 aromatic carbocycles. The second kappa shape index (κ2) is 6.02. The maximum atomic E-state index is 4.43. The zero-order valence-corrected chi connectivity index (χ0v) is 12.9. The normalized spacial score (nSPS) is 19.0. The van der Waals surface area contributed by atoms with Gasteiger partial charge in [0.25, 0.3) is 0 Å². The second-order valence-electron chi connectivity index (χ2n) is 5.13. The van der Waals surface area contributed by atoms with E-state index in [-0.39, 0.29) is 0 Å². The van der Waals surface area contributed by atoms with Gasteiger partial charge in [-0.2, -0.15) is 5.10 Å². The molecule has 3 nitrogen and oxygen atoms in total. The van der Waals surface area contributed by atoms with Gasteiger partial charge in [0.05, 0.1) is 6.20 Å². The summed E-state index contributed by atoms with van der Waals surface area (Å²) in [4.78, 5) is 1.43. The van der Waals surface area contributed by atoms with Crippen LogP contribution in [0, 0.1) is 0 Å². The number of nitrogens with zero attached hydrogens (tertiary/aromatic N) is 2. The van der Waals surface area contributed by atoms with Gasteiger partial charge in [0, 0.05) is 34.5 Å². The molecule has 0 bridgehead atoms. The van der Waals surface area contributed by atoms with Crippen molar-refractivity contribution in [3.63, 3.8) is 0 Å². The summed E-state index contributed by atoms with van der Waals surface area (Å²) in [7, 11) is 0. The maximum Gasteiger partial charge on any atom is 0.0538 e. The lowest BCUT2D eigenvalue weighted by atomic mass is 10.0. The molecule has 2 unspecified atom stereocenters. The van der Waals surface area contributed by atoms with Crippen molar-refractivity contribution >= 4 is 11.8 Å². The molecule has 1 aliphatic rings. The van der Waals surface area contributed by atoms with Crippen molar-refractivity contribution in [3.8, 4) is 0 Å². The molecule has 2 heterocycles. The monoisotopic (exact) mass is 287 g/mol. The Balaban J connectivity index is 1.82. The van der Waals surface area contributed by atoms with Crippen LogP contribution in [-0.4, -0.2) is 21.6 Å². The molecule has 2 atom stereocenters. The zero-order chi connectivity index (χ0) is 13.9.